The summed E-state index contributed by atoms with van der Waals surface area (Å²) in [6, 6.07) is 6.10. The Hall–Kier alpha value is -1.66. The normalized spacial score (nSPS) is 16.0. The van der Waals surface area contributed by atoms with Crippen molar-refractivity contribution < 1.29 is 0 Å². The van der Waals surface area contributed by atoms with E-state index in [2.05, 4.69) is 20.9 Å². The number of anilines is 1. The van der Waals surface area contributed by atoms with Gasteiger partial charge in [-0.05, 0) is 43.5 Å². The van der Waals surface area contributed by atoms with E-state index in [9.17, 15) is 4.79 Å². The third-order valence-electron chi connectivity index (χ3n) is 4.08. The molecule has 1 fully saturated rings. The molecular weight excluding hydrogens is 344 g/mol. The number of hydrogen-bond donors (Lipinski definition) is 1. The van der Waals surface area contributed by atoms with Gasteiger partial charge in [0, 0.05) is 41.7 Å². The van der Waals surface area contributed by atoms with Crippen LogP contribution in [0.4, 0.5) is 5.82 Å². The van der Waals surface area contributed by atoms with Gasteiger partial charge in [-0.15, -0.1) is 0 Å². The SMILES string of the molecule is Cc1cc(-n2ccnc(N3CCC(N)CC3)c2=O)ccc1Br. The fourth-order valence-corrected chi connectivity index (χ4v) is 2.96. The lowest BCUT2D eigenvalue weighted by atomic mass is 10.1. The van der Waals surface area contributed by atoms with Crippen LogP contribution in [-0.2, 0) is 0 Å². The minimum Gasteiger partial charge on any atom is -0.352 e. The molecule has 1 aromatic heterocycles. The number of hydrogen-bond acceptors (Lipinski definition) is 4. The van der Waals surface area contributed by atoms with Crippen LogP contribution in [0.3, 0.4) is 0 Å². The highest BCUT2D eigenvalue weighted by molar-refractivity contribution is 9.10. The first-order valence-corrected chi connectivity index (χ1v) is 8.20. The summed E-state index contributed by atoms with van der Waals surface area (Å²) in [6.07, 6.45) is 5.19. The van der Waals surface area contributed by atoms with E-state index in [0.717, 1.165) is 41.7 Å². The molecule has 22 heavy (non-hydrogen) atoms. The van der Waals surface area contributed by atoms with Crippen molar-refractivity contribution in [2.75, 3.05) is 18.0 Å². The van der Waals surface area contributed by atoms with Gasteiger partial charge in [-0.1, -0.05) is 15.9 Å². The molecule has 2 N–H and O–H groups in total. The summed E-state index contributed by atoms with van der Waals surface area (Å²) in [5, 5.41) is 0. The van der Waals surface area contributed by atoms with E-state index < -0.39 is 0 Å². The Labute approximate surface area is 137 Å². The molecule has 5 nitrogen and oxygen atoms in total. The number of aromatic nitrogens is 2. The van der Waals surface area contributed by atoms with Crippen molar-refractivity contribution in [1.29, 1.82) is 0 Å². The maximum atomic E-state index is 12.8. The minimum absolute atomic E-state index is 0.0836. The highest BCUT2D eigenvalue weighted by Gasteiger charge is 2.20. The van der Waals surface area contributed by atoms with Crippen molar-refractivity contribution in [2.45, 2.75) is 25.8 Å². The number of aryl methyl sites for hydroxylation is 1. The van der Waals surface area contributed by atoms with E-state index in [4.69, 9.17) is 5.73 Å². The van der Waals surface area contributed by atoms with Crippen molar-refractivity contribution in [3.63, 3.8) is 0 Å². The first-order chi connectivity index (χ1) is 10.6. The van der Waals surface area contributed by atoms with Gasteiger partial charge in [0.05, 0.1) is 0 Å². The van der Waals surface area contributed by atoms with Crippen LogP contribution in [0.1, 0.15) is 18.4 Å². The van der Waals surface area contributed by atoms with Crippen molar-refractivity contribution in [2.24, 2.45) is 5.73 Å². The second kappa shape index (κ2) is 6.22. The second-order valence-electron chi connectivity index (χ2n) is 5.68. The standard InChI is InChI=1S/C16H19BrN4O/c1-11-10-13(2-3-14(11)17)21-9-6-19-15(16(21)22)20-7-4-12(18)5-8-20/h2-3,6,9-10,12H,4-5,7-8,18H2,1H3. The van der Waals surface area contributed by atoms with Gasteiger partial charge >= 0.3 is 0 Å². The van der Waals surface area contributed by atoms with Crippen LogP contribution < -0.4 is 16.2 Å². The van der Waals surface area contributed by atoms with Gasteiger partial charge in [0.1, 0.15) is 0 Å². The predicted molar refractivity (Wildman–Crippen MR) is 91.7 cm³/mol. The molecule has 0 amide bonds. The topological polar surface area (TPSA) is 64.2 Å². The van der Waals surface area contributed by atoms with E-state index >= 15 is 0 Å². The monoisotopic (exact) mass is 362 g/mol. The van der Waals surface area contributed by atoms with E-state index in [1.165, 1.54) is 0 Å². The van der Waals surface area contributed by atoms with Crippen molar-refractivity contribution in [3.05, 3.63) is 51.0 Å². The van der Waals surface area contributed by atoms with Gasteiger partial charge in [-0.3, -0.25) is 9.36 Å². The Morgan fingerprint density at radius 3 is 2.73 bits per heavy atom. The lowest BCUT2D eigenvalue weighted by Crippen LogP contribution is -2.42. The van der Waals surface area contributed by atoms with Crippen LogP contribution in [0, 0.1) is 6.92 Å². The molecule has 0 unspecified atom stereocenters. The average Bonchev–Trinajstić information content (AvgIpc) is 2.51. The van der Waals surface area contributed by atoms with Gasteiger partial charge in [-0.25, -0.2) is 4.98 Å². The van der Waals surface area contributed by atoms with Crippen molar-refractivity contribution >= 4 is 21.7 Å². The zero-order valence-electron chi connectivity index (χ0n) is 12.5. The van der Waals surface area contributed by atoms with E-state index in [1.807, 2.05) is 30.0 Å². The van der Waals surface area contributed by atoms with Crippen LogP contribution in [0.2, 0.25) is 0 Å². The fourth-order valence-electron chi connectivity index (χ4n) is 2.71. The number of nitrogens with zero attached hydrogens (tertiary/aromatic N) is 3. The summed E-state index contributed by atoms with van der Waals surface area (Å²) in [7, 11) is 0. The van der Waals surface area contributed by atoms with Crippen LogP contribution >= 0.6 is 15.9 Å². The Kier molecular flexibility index (Phi) is 4.31. The molecule has 1 aromatic carbocycles. The largest absolute Gasteiger partial charge is 0.352 e. The van der Waals surface area contributed by atoms with Gasteiger partial charge in [0.25, 0.3) is 5.56 Å². The molecule has 3 rings (SSSR count). The number of piperidine rings is 1. The van der Waals surface area contributed by atoms with Crippen molar-refractivity contribution in [1.82, 2.24) is 9.55 Å². The molecule has 1 aliphatic rings. The average molecular weight is 363 g/mol. The highest BCUT2D eigenvalue weighted by Crippen LogP contribution is 2.19. The number of rotatable bonds is 2. The third kappa shape index (κ3) is 2.94. The van der Waals surface area contributed by atoms with E-state index in [1.54, 1.807) is 17.0 Å². The van der Waals surface area contributed by atoms with Gasteiger partial charge in [-0.2, -0.15) is 0 Å². The van der Waals surface area contributed by atoms with Crippen LogP contribution in [0.5, 0.6) is 0 Å². The van der Waals surface area contributed by atoms with Gasteiger partial charge < -0.3 is 10.6 Å². The molecule has 0 saturated carbocycles. The lowest BCUT2D eigenvalue weighted by Gasteiger charge is -2.30. The third-order valence-corrected chi connectivity index (χ3v) is 4.97. The molecule has 0 aliphatic carbocycles. The lowest BCUT2D eigenvalue weighted by molar-refractivity contribution is 0.497. The van der Waals surface area contributed by atoms with Crippen LogP contribution in [-0.4, -0.2) is 28.7 Å². The Morgan fingerprint density at radius 2 is 2.05 bits per heavy atom. The molecule has 2 aromatic rings. The van der Waals surface area contributed by atoms with Crippen LogP contribution in [0.25, 0.3) is 5.69 Å². The minimum atomic E-state index is -0.0836. The Morgan fingerprint density at radius 1 is 1.32 bits per heavy atom. The van der Waals surface area contributed by atoms with E-state index in [-0.39, 0.29) is 11.6 Å². The molecule has 0 spiro atoms. The number of halogens is 1. The van der Waals surface area contributed by atoms with Crippen LogP contribution in [0.15, 0.2) is 39.9 Å². The fraction of sp³-hybridized carbons (Fsp3) is 0.375. The second-order valence-corrected chi connectivity index (χ2v) is 6.54. The molecule has 1 aliphatic heterocycles. The molecule has 6 heteroatoms. The smallest absolute Gasteiger partial charge is 0.298 e. The number of nitrogens with two attached hydrogens (primary N) is 1. The number of benzene rings is 1. The maximum absolute atomic E-state index is 12.8. The summed E-state index contributed by atoms with van der Waals surface area (Å²) in [6.45, 7) is 3.58. The first kappa shape index (κ1) is 15.2. The summed E-state index contributed by atoms with van der Waals surface area (Å²) < 4.78 is 2.68. The zero-order chi connectivity index (χ0) is 15.7. The molecular formula is C16H19BrN4O. The Balaban J connectivity index is 1.98. The summed E-state index contributed by atoms with van der Waals surface area (Å²) >= 11 is 3.48. The zero-order valence-corrected chi connectivity index (χ0v) is 14.1. The quantitative estimate of drug-likeness (QED) is 0.889. The maximum Gasteiger partial charge on any atom is 0.298 e. The van der Waals surface area contributed by atoms with Gasteiger partial charge in [0.15, 0.2) is 5.82 Å². The van der Waals surface area contributed by atoms with Gasteiger partial charge in [0.2, 0.25) is 0 Å². The summed E-state index contributed by atoms with van der Waals surface area (Å²) in [5.41, 5.74) is 7.79. The molecule has 0 radical (unpaired) electrons. The molecule has 0 atom stereocenters. The summed E-state index contributed by atoms with van der Waals surface area (Å²) in [4.78, 5) is 19.1. The molecule has 0 bridgehead atoms. The highest BCUT2D eigenvalue weighted by atomic mass is 79.9. The Bertz CT molecular complexity index is 735. The molecule has 2 heterocycles. The molecule has 1 saturated heterocycles. The predicted octanol–water partition coefficient (Wildman–Crippen LogP) is 2.23. The molecule has 116 valence electrons. The summed E-state index contributed by atoms with van der Waals surface area (Å²) in [5.74, 6) is 0.509. The van der Waals surface area contributed by atoms with E-state index in [0.29, 0.717) is 5.82 Å². The van der Waals surface area contributed by atoms with Crippen molar-refractivity contribution in [3.8, 4) is 5.69 Å². The first-order valence-electron chi connectivity index (χ1n) is 7.41.